The van der Waals surface area contributed by atoms with Gasteiger partial charge in [-0.2, -0.15) is 0 Å². The summed E-state index contributed by atoms with van der Waals surface area (Å²) in [5, 5.41) is 0. The summed E-state index contributed by atoms with van der Waals surface area (Å²) in [6, 6.07) is 0. The molecule has 0 nitrogen and oxygen atoms in total. The van der Waals surface area contributed by atoms with Gasteiger partial charge in [-0.1, -0.05) is 0 Å². The first-order valence-electron chi connectivity index (χ1n) is 3.04. The number of hydrogen-bond donors (Lipinski definition) is 0. The van der Waals surface area contributed by atoms with Gasteiger partial charge in [0.2, 0.25) is 0 Å². The molecule has 0 N–H and O–H groups in total. The monoisotopic (exact) mass is 190 g/mol. The van der Waals surface area contributed by atoms with Gasteiger partial charge in [0.1, 0.15) is 0 Å². The molecule has 0 spiro atoms. The molecule has 0 saturated carbocycles. The van der Waals surface area contributed by atoms with Crippen molar-refractivity contribution in [1.29, 1.82) is 0 Å². The van der Waals surface area contributed by atoms with Gasteiger partial charge in [-0.15, -0.1) is 0 Å². The van der Waals surface area contributed by atoms with Crippen LogP contribution in [0.15, 0.2) is 0 Å². The van der Waals surface area contributed by atoms with Crippen LogP contribution in [0.4, 0.5) is 17.6 Å². The standard InChI is InChI=1S/C7H3F4.Al/c1-3-4(8)2-5(9)7(11)6(3)10;/h1H3;/q;+2. The van der Waals surface area contributed by atoms with Crippen LogP contribution in [0.5, 0.6) is 0 Å². The predicted molar refractivity (Wildman–Crippen MR) is 36.4 cm³/mol. The molecule has 0 heterocycles. The van der Waals surface area contributed by atoms with Gasteiger partial charge < -0.3 is 0 Å². The Morgan fingerprint density at radius 2 is 1.33 bits per heavy atom. The van der Waals surface area contributed by atoms with Crippen LogP contribution in [-0.2, 0) is 0 Å². The van der Waals surface area contributed by atoms with Gasteiger partial charge in [-0.3, -0.25) is 0 Å². The summed E-state index contributed by atoms with van der Waals surface area (Å²) < 4.78 is 49.8. The molecule has 1 rings (SSSR count). The van der Waals surface area contributed by atoms with E-state index in [2.05, 4.69) is 0 Å². The number of benzene rings is 1. The van der Waals surface area contributed by atoms with Crippen molar-refractivity contribution in [3.63, 3.8) is 0 Å². The molecular formula is C7H3AlF4+2. The second-order valence-corrected chi connectivity index (χ2v) is 2.87. The third kappa shape index (κ3) is 1.23. The van der Waals surface area contributed by atoms with E-state index < -0.39 is 33.3 Å². The zero-order valence-electron chi connectivity index (χ0n) is 6.09. The fraction of sp³-hybridized carbons (Fsp3) is 0.143. The fourth-order valence-corrected chi connectivity index (χ4v) is 1.12. The van der Waals surface area contributed by atoms with Crippen molar-refractivity contribution in [2.24, 2.45) is 0 Å². The predicted octanol–water partition coefficient (Wildman–Crippen LogP) is 1.35. The van der Waals surface area contributed by atoms with E-state index in [-0.39, 0.29) is 0 Å². The Morgan fingerprint density at radius 1 is 0.833 bits per heavy atom. The Labute approximate surface area is 74.6 Å². The van der Waals surface area contributed by atoms with Gasteiger partial charge in [0, 0.05) is 0 Å². The van der Waals surface area contributed by atoms with E-state index in [4.69, 9.17) is 0 Å². The Balaban J connectivity index is 3.60. The summed E-state index contributed by atoms with van der Waals surface area (Å²) in [4.78, 5) is 0. The zero-order chi connectivity index (χ0) is 9.46. The molecule has 1 aromatic rings. The average molecular weight is 190 g/mol. The van der Waals surface area contributed by atoms with E-state index in [1.165, 1.54) is 0 Å². The van der Waals surface area contributed by atoms with Gasteiger partial charge in [0.25, 0.3) is 0 Å². The maximum atomic E-state index is 12.8. The molecule has 60 valence electrons. The van der Waals surface area contributed by atoms with Gasteiger partial charge in [-0.25, -0.2) is 0 Å². The molecule has 0 atom stereocenters. The van der Waals surface area contributed by atoms with E-state index in [1.807, 2.05) is 0 Å². The van der Waals surface area contributed by atoms with E-state index >= 15 is 0 Å². The molecule has 0 radical (unpaired) electrons. The van der Waals surface area contributed by atoms with Crippen LogP contribution < -0.4 is 4.43 Å². The van der Waals surface area contributed by atoms with Crippen molar-refractivity contribution in [2.75, 3.05) is 0 Å². The van der Waals surface area contributed by atoms with Gasteiger partial charge >= 0.3 is 74.0 Å². The van der Waals surface area contributed by atoms with Crippen molar-refractivity contribution < 1.29 is 17.6 Å². The average Bonchev–Trinajstić information content (AvgIpc) is 2.08. The summed E-state index contributed by atoms with van der Waals surface area (Å²) in [5.74, 6) is -5.69. The van der Waals surface area contributed by atoms with E-state index in [9.17, 15) is 17.6 Å². The second-order valence-electron chi connectivity index (χ2n) is 2.29. The Hall–Kier alpha value is -0.528. The summed E-state index contributed by atoms with van der Waals surface area (Å²) in [5.41, 5.74) is -0.515. The molecule has 0 aliphatic heterocycles. The third-order valence-electron chi connectivity index (χ3n) is 1.52. The molecule has 1 aromatic carbocycles. The van der Waals surface area contributed by atoms with Crippen molar-refractivity contribution >= 4 is 20.7 Å². The molecule has 0 unspecified atom stereocenters. The van der Waals surface area contributed by atoms with E-state index in [1.54, 1.807) is 16.3 Å². The number of rotatable bonds is 0. The van der Waals surface area contributed by atoms with Crippen LogP contribution >= 0.6 is 0 Å². The molecule has 0 aliphatic carbocycles. The van der Waals surface area contributed by atoms with Crippen molar-refractivity contribution in [2.45, 2.75) is 6.92 Å². The molecule has 0 aromatic heterocycles. The van der Waals surface area contributed by atoms with Crippen LogP contribution in [0, 0.1) is 30.2 Å². The summed E-state index contributed by atoms with van der Waals surface area (Å²) >= 11 is 1.68. The van der Waals surface area contributed by atoms with Crippen LogP contribution in [0.3, 0.4) is 0 Å². The van der Waals surface area contributed by atoms with Gasteiger partial charge in [0.05, 0.1) is 0 Å². The van der Waals surface area contributed by atoms with Crippen LogP contribution in [0.25, 0.3) is 0 Å². The summed E-state index contributed by atoms with van der Waals surface area (Å²) in [6.45, 7) is 1.04. The Morgan fingerprint density at radius 3 is 1.83 bits per heavy atom. The van der Waals surface area contributed by atoms with E-state index in [0.717, 1.165) is 6.92 Å². The van der Waals surface area contributed by atoms with Crippen LogP contribution in [0.2, 0.25) is 0 Å². The first kappa shape index (κ1) is 9.56. The molecule has 5 heteroatoms. The molecule has 0 saturated heterocycles. The number of hydrogen-bond acceptors (Lipinski definition) is 0. The Bertz CT molecular complexity index is 230. The Kier molecular flexibility index (Phi) is 2.45. The zero-order valence-corrected chi connectivity index (χ0v) is 7.24. The third-order valence-corrected chi connectivity index (χ3v) is 2.02. The first-order valence-corrected chi connectivity index (χ1v) is 3.62. The van der Waals surface area contributed by atoms with Crippen molar-refractivity contribution in [1.82, 2.24) is 0 Å². The minimum absolute atomic E-state index is 0.515. The molecule has 0 bridgehead atoms. The molecule has 0 aliphatic rings. The van der Waals surface area contributed by atoms with Crippen molar-refractivity contribution in [3.05, 3.63) is 28.8 Å². The molecular weight excluding hydrogens is 187 g/mol. The van der Waals surface area contributed by atoms with Gasteiger partial charge in [0.15, 0.2) is 0 Å². The normalized spacial score (nSPS) is 10.6. The number of halogens is 4. The summed E-state index contributed by atoms with van der Waals surface area (Å²) in [7, 11) is 0. The fourth-order valence-electron chi connectivity index (χ4n) is 0.774. The van der Waals surface area contributed by atoms with Crippen molar-refractivity contribution in [3.8, 4) is 0 Å². The molecule has 0 amide bonds. The van der Waals surface area contributed by atoms with Gasteiger partial charge in [-0.05, 0) is 0 Å². The maximum absolute atomic E-state index is 12.8. The quantitative estimate of drug-likeness (QED) is 0.250. The van der Waals surface area contributed by atoms with Crippen LogP contribution in [-0.4, -0.2) is 16.3 Å². The summed E-state index contributed by atoms with van der Waals surface area (Å²) in [6.07, 6.45) is 0. The molecule has 12 heavy (non-hydrogen) atoms. The SMILES string of the molecule is Cc1c(F)c(F)c(F)[c]([Al+2])c1F. The topological polar surface area (TPSA) is 0 Å². The first-order chi connectivity index (χ1) is 5.46. The second kappa shape index (κ2) is 3.08. The minimum atomic E-state index is -1.64. The van der Waals surface area contributed by atoms with E-state index in [0.29, 0.717) is 0 Å². The molecule has 0 fully saturated rings. The van der Waals surface area contributed by atoms with Crippen LogP contribution in [0.1, 0.15) is 5.56 Å².